The molecule has 0 aliphatic carbocycles. The topological polar surface area (TPSA) is 32.3 Å². The molecule has 4 rings (SSSR count). The van der Waals surface area contributed by atoms with Gasteiger partial charge in [0.2, 0.25) is 0 Å². The van der Waals surface area contributed by atoms with Crippen molar-refractivity contribution in [1.82, 2.24) is 9.60 Å². The molecule has 4 nitrogen and oxygen atoms in total. The van der Waals surface area contributed by atoms with Crippen LogP contribution in [-0.4, -0.2) is 36.6 Å². The summed E-state index contributed by atoms with van der Waals surface area (Å²) < 4.78 is 14.5. The monoisotopic (exact) mass is 432 g/mol. The number of amides is 1. The lowest BCUT2D eigenvalue weighted by molar-refractivity contribution is -0.00237. The van der Waals surface area contributed by atoms with Crippen molar-refractivity contribution in [2.45, 2.75) is 52.5 Å². The van der Waals surface area contributed by atoms with Gasteiger partial charge in [-0.3, -0.25) is 4.79 Å². The molecule has 1 atom stereocenters. The summed E-state index contributed by atoms with van der Waals surface area (Å²) in [6, 6.07) is 11.3. The molecule has 30 heavy (non-hydrogen) atoms. The standard InChI is InChI=1S/C24H30FN3O.ClH/c1-17-8-9-20(25)16-22(17)24(29)26-23-11-10-21(15-18(23)2)28(13-4-5-14-28)27-12-6-7-19(27)3;/h8-11,15-16,19H,4-7,12-14H2,1-3H3;1H/p+1/t19-;/m1./s1. The molecule has 162 valence electrons. The first-order valence-electron chi connectivity index (χ1n) is 10.7. The van der Waals surface area contributed by atoms with Gasteiger partial charge in [-0.1, -0.05) is 6.07 Å². The average molecular weight is 433 g/mol. The van der Waals surface area contributed by atoms with Crippen LogP contribution >= 0.6 is 12.4 Å². The second-order valence-electron chi connectivity index (χ2n) is 8.64. The Kier molecular flexibility index (Phi) is 6.85. The fourth-order valence-corrected chi connectivity index (χ4v) is 5.08. The lowest BCUT2D eigenvalue weighted by Gasteiger charge is -2.43. The minimum atomic E-state index is -0.395. The van der Waals surface area contributed by atoms with Crippen molar-refractivity contribution in [3.05, 3.63) is 58.9 Å². The van der Waals surface area contributed by atoms with Gasteiger partial charge in [-0.15, -0.1) is 17.4 Å². The fourth-order valence-electron chi connectivity index (χ4n) is 5.08. The van der Waals surface area contributed by atoms with Crippen LogP contribution in [0.2, 0.25) is 0 Å². The van der Waals surface area contributed by atoms with Crippen LogP contribution in [0.4, 0.5) is 15.8 Å². The van der Waals surface area contributed by atoms with E-state index in [1.165, 1.54) is 43.5 Å². The number of halogens is 2. The molecule has 2 aliphatic rings. The number of rotatable bonds is 4. The molecular weight excluding hydrogens is 401 g/mol. The summed E-state index contributed by atoms with van der Waals surface area (Å²) >= 11 is 0. The van der Waals surface area contributed by atoms with Crippen LogP contribution < -0.4 is 9.91 Å². The van der Waals surface area contributed by atoms with Gasteiger partial charge < -0.3 is 5.32 Å². The SMILES string of the molecule is Cc1cc([N+]2(N3CCC[C@H]3C)CCCC2)ccc1NC(=O)c1cc(F)ccc1C.Cl. The maximum atomic E-state index is 13.6. The predicted molar refractivity (Wildman–Crippen MR) is 124 cm³/mol. The van der Waals surface area contributed by atoms with E-state index in [1.807, 2.05) is 19.9 Å². The average Bonchev–Trinajstić information content (AvgIpc) is 3.35. The van der Waals surface area contributed by atoms with Gasteiger partial charge in [0.15, 0.2) is 5.69 Å². The molecule has 0 bridgehead atoms. The lowest BCUT2D eigenvalue weighted by Crippen LogP contribution is -2.61. The highest BCUT2D eigenvalue weighted by atomic mass is 35.5. The Hall–Kier alpha value is -1.95. The molecule has 2 aromatic carbocycles. The van der Waals surface area contributed by atoms with Gasteiger partial charge >= 0.3 is 0 Å². The van der Waals surface area contributed by atoms with Gasteiger partial charge in [-0.2, -0.15) is 0 Å². The third-order valence-corrected chi connectivity index (χ3v) is 6.70. The molecule has 6 heteroatoms. The van der Waals surface area contributed by atoms with E-state index in [0.29, 0.717) is 11.6 Å². The van der Waals surface area contributed by atoms with Crippen LogP contribution in [-0.2, 0) is 0 Å². The Balaban J connectivity index is 0.00000256. The number of quaternary nitrogens is 1. The number of carbonyl (C=O) groups is 1. The molecular formula is C24H32ClFN3O+. The molecule has 2 heterocycles. The van der Waals surface area contributed by atoms with Gasteiger partial charge in [0.25, 0.3) is 5.91 Å². The summed E-state index contributed by atoms with van der Waals surface area (Å²) in [6.45, 7) is 9.65. The Bertz CT molecular complexity index is 927. The summed E-state index contributed by atoms with van der Waals surface area (Å²) in [5.74, 6) is -0.663. The van der Waals surface area contributed by atoms with Crippen LogP contribution in [0.3, 0.4) is 0 Å². The van der Waals surface area contributed by atoms with Crippen molar-refractivity contribution < 1.29 is 9.18 Å². The van der Waals surface area contributed by atoms with Crippen LogP contribution in [0, 0.1) is 19.7 Å². The van der Waals surface area contributed by atoms with Gasteiger partial charge in [0, 0.05) is 42.8 Å². The van der Waals surface area contributed by atoms with E-state index in [1.54, 1.807) is 6.07 Å². The van der Waals surface area contributed by atoms with Crippen LogP contribution in [0.5, 0.6) is 0 Å². The molecule has 2 aliphatic heterocycles. The molecule has 0 unspecified atom stereocenters. The molecule has 1 amide bonds. The van der Waals surface area contributed by atoms with Crippen molar-refractivity contribution in [3.8, 4) is 0 Å². The summed E-state index contributed by atoms with van der Waals surface area (Å²) in [6.07, 6.45) is 5.03. The first-order valence-corrected chi connectivity index (χ1v) is 10.7. The van der Waals surface area contributed by atoms with Crippen molar-refractivity contribution in [2.75, 3.05) is 25.0 Å². The van der Waals surface area contributed by atoms with E-state index in [9.17, 15) is 9.18 Å². The first kappa shape index (κ1) is 22.7. The second-order valence-corrected chi connectivity index (χ2v) is 8.64. The number of carbonyl (C=O) groups excluding carboxylic acids is 1. The first-order chi connectivity index (χ1) is 13.9. The maximum Gasteiger partial charge on any atom is 0.256 e. The predicted octanol–water partition coefficient (Wildman–Crippen LogP) is 5.62. The highest BCUT2D eigenvalue weighted by Gasteiger charge is 2.45. The third-order valence-electron chi connectivity index (χ3n) is 6.70. The largest absolute Gasteiger partial charge is 0.322 e. The van der Waals surface area contributed by atoms with Crippen molar-refractivity contribution >= 4 is 29.7 Å². The van der Waals surface area contributed by atoms with Gasteiger partial charge in [0.1, 0.15) is 18.9 Å². The maximum absolute atomic E-state index is 13.6. The summed E-state index contributed by atoms with van der Waals surface area (Å²) in [5, 5.41) is 5.64. The Morgan fingerprint density at radius 1 is 1.07 bits per heavy atom. The van der Waals surface area contributed by atoms with Crippen molar-refractivity contribution in [3.63, 3.8) is 0 Å². The second kappa shape index (κ2) is 9.04. The quantitative estimate of drug-likeness (QED) is 0.636. The molecule has 2 aromatic rings. The molecule has 2 saturated heterocycles. The Morgan fingerprint density at radius 2 is 1.80 bits per heavy atom. The highest BCUT2D eigenvalue weighted by molar-refractivity contribution is 6.05. The molecule has 0 spiro atoms. The number of benzene rings is 2. The zero-order valence-electron chi connectivity index (χ0n) is 18.1. The van der Waals surface area contributed by atoms with E-state index in [4.69, 9.17) is 0 Å². The van der Waals surface area contributed by atoms with Crippen molar-refractivity contribution in [2.24, 2.45) is 0 Å². The van der Waals surface area contributed by atoms with Gasteiger partial charge in [0.05, 0.1) is 6.04 Å². The highest BCUT2D eigenvalue weighted by Crippen LogP contribution is 2.38. The number of hydrogen-bond acceptors (Lipinski definition) is 2. The van der Waals surface area contributed by atoms with E-state index >= 15 is 0 Å². The third kappa shape index (κ3) is 4.11. The van der Waals surface area contributed by atoms with Crippen LogP contribution in [0.15, 0.2) is 36.4 Å². The minimum absolute atomic E-state index is 0. The van der Waals surface area contributed by atoms with E-state index in [-0.39, 0.29) is 18.3 Å². The molecule has 1 N–H and O–H groups in total. The molecule has 0 saturated carbocycles. The molecule has 0 radical (unpaired) electrons. The molecule has 2 fully saturated rings. The zero-order valence-corrected chi connectivity index (χ0v) is 18.9. The molecule has 0 aromatic heterocycles. The smallest absolute Gasteiger partial charge is 0.256 e. The van der Waals surface area contributed by atoms with Crippen LogP contribution in [0.1, 0.15) is 54.1 Å². The van der Waals surface area contributed by atoms with Crippen LogP contribution in [0.25, 0.3) is 0 Å². The number of nitrogens with one attached hydrogen (secondary N) is 1. The number of anilines is 1. The Labute approximate surface area is 185 Å². The number of nitrogens with zero attached hydrogens (tertiary/aromatic N) is 2. The van der Waals surface area contributed by atoms with E-state index < -0.39 is 5.82 Å². The Morgan fingerprint density at radius 3 is 2.43 bits per heavy atom. The summed E-state index contributed by atoms with van der Waals surface area (Å²) in [7, 11) is 0. The normalized spacial score (nSPS) is 20.7. The van der Waals surface area contributed by atoms with Gasteiger partial charge in [-0.25, -0.2) is 8.98 Å². The minimum Gasteiger partial charge on any atom is -0.322 e. The van der Waals surface area contributed by atoms with E-state index in [2.05, 4.69) is 29.4 Å². The number of aryl methyl sites for hydroxylation is 2. The lowest BCUT2D eigenvalue weighted by atomic mass is 10.1. The zero-order chi connectivity index (χ0) is 20.6. The van der Waals surface area contributed by atoms with E-state index in [0.717, 1.165) is 41.0 Å². The number of hydrogen-bond donors (Lipinski definition) is 1. The summed E-state index contributed by atoms with van der Waals surface area (Å²) in [4.78, 5) is 12.7. The summed E-state index contributed by atoms with van der Waals surface area (Å²) in [5.41, 5.74) is 4.29. The van der Waals surface area contributed by atoms with Gasteiger partial charge in [-0.05, 0) is 62.9 Å². The van der Waals surface area contributed by atoms with Crippen molar-refractivity contribution in [1.29, 1.82) is 0 Å². The fraction of sp³-hybridized carbons (Fsp3) is 0.458.